The Bertz CT molecular complexity index is 1310. The Labute approximate surface area is 214 Å². The van der Waals surface area contributed by atoms with E-state index in [9.17, 15) is 19.7 Å². The van der Waals surface area contributed by atoms with Gasteiger partial charge < -0.3 is 15.4 Å². The Hall–Kier alpha value is -4.17. The third-order valence-electron chi connectivity index (χ3n) is 5.33. The molecule has 0 aliphatic heterocycles. The Balaban J connectivity index is 1.93. The average molecular weight is 508 g/mol. The Morgan fingerprint density at radius 3 is 2.19 bits per heavy atom. The van der Waals surface area contributed by atoms with Gasteiger partial charge >= 0.3 is 0 Å². The van der Waals surface area contributed by atoms with Crippen molar-refractivity contribution in [1.82, 2.24) is 5.32 Å². The highest BCUT2D eigenvalue weighted by molar-refractivity contribution is 6.31. The molecule has 0 atom stereocenters. The first-order valence-electron chi connectivity index (χ1n) is 11.0. The van der Waals surface area contributed by atoms with Crippen LogP contribution in [-0.4, -0.2) is 23.8 Å². The lowest BCUT2D eigenvalue weighted by molar-refractivity contribution is -0.384. The monoisotopic (exact) mass is 507 g/mol. The lowest BCUT2D eigenvalue weighted by Crippen LogP contribution is -2.31. The zero-order chi connectivity index (χ0) is 26.5. The summed E-state index contributed by atoms with van der Waals surface area (Å²) in [6.07, 6.45) is 1.43. The molecule has 0 aliphatic rings. The molecule has 8 nitrogen and oxygen atoms in total. The molecule has 9 heteroatoms. The van der Waals surface area contributed by atoms with Crippen LogP contribution in [0.25, 0.3) is 6.08 Å². The molecule has 3 aromatic rings. The number of halogens is 1. The van der Waals surface area contributed by atoms with Crippen LogP contribution in [0.15, 0.2) is 72.4 Å². The molecule has 0 heterocycles. The van der Waals surface area contributed by atoms with Crippen molar-refractivity contribution in [2.75, 3.05) is 12.4 Å². The topological polar surface area (TPSA) is 111 Å². The maximum absolute atomic E-state index is 13.2. The second kappa shape index (κ2) is 11.0. The standard InChI is InChI=1S/C27H26ClN3O5/c1-27(2,3)19-9-7-18(8-10-19)25(32)30-23(15-17-5-12-21(13-6-17)31(34)35)26(33)29-22-16-20(28)11-14-24(22)36-4/h5-16H,1-4H3,(H,29,33)(H,30,32)/b23-15-. The third kappa shape index (κ3) is 6.70. The van der Waals surface area contributed by atoms with Gasteiger partial charge in [0.1, 0.15) is 11.4 Å². The number of nitrogens with one attached hydrogen (secondary N) is 2. The molecule has 0 saturated carbocycles. The molecule has 0 spiro atoms. The van der Waals surface area contributed by atoms with Crippen LogP contribution in [0.3, 0.4) is 0 Å². The first-order valence-corrected chi connectivity index (χ1v) is 11.4. The number of nitro benzene ring substituents is 1. The fourth-order valence-electron chi connectivity index (χ4n) is 3.30. The van der Waals surface area contributed by atoms with Crippen LogP contribution in [0.1, 0.15) is 42.3 Å². The van der Waals surface area contributed by atoms with Crippen molar-refractivity contribution in [3.05, 3.63) is 104 Å². The fourth-order valence-corrected chi connectivity index (χ4v) is 3.47. The summed E-state index contributed by atoms with van der Waals surface area (Å²) >= 11 is 6.07. The number of nitro groups is 1. The molecule has 0 bridgehead atoms. The number of hydrogen-bond donors (Lipinski definition) is 2. The number of methoxy groups -OCH3 is 1. The van der Waals surface area contributed by atoms with Gasteiger partial charge in [0.2, 0.25) is 0 Å². The Kier molecular flexibility index (Phi) is 8.11. The van der Waals surface area contributed by atoms with Crippen molar-refractivity contribution in [3.8, 4) is 5.75 Å². The zero-order valence-corrected chi connectivity index (χ0v) is 21.1. The van der Waals surface area contributed by atoms with Gasteiger partial charge in [-0.05, 0) is 65.1 Å². The van der Waals surface area contributed by atoms with Crippen LogP contribution in [0, 0.1) is 10.1 Å². The molecule has 0 radical (unpaired) electrons. The predicted octanol–water partition coefficient (Wildman–Crippen LogP) is 5.96. The van der Waals surface area contributed by atoms with Gasteiger partial charge in [-0.25, -0.2) is 0 Å². The molecular weight excluding hydrogens is 482 g/mol. The number of amides is 2. The molecule has 0 saturated heterocycles. The Morgan fingerprint density at radius 2 is 1.64 bits per heavy atom. The maximum atomic E-state index is 13.2. The van der Waals surface area contributed by atoms with E-state index in [0.29, 0.717) is 27.6 Å². The number of carbonyl (C=O) groups excluding carboxylic acids is 2. The smallest absolute Gasteiger partial charge is 0.272 e. The molecule has 0 unspecified atom stereocenters. The minimum absolute atomic E-state index is 0.0734. The van der Waals surface area contributed by atoms with E-state index in [1.165, 1.54) is 43.5 Å². The summed E-state index contributed by atoms with van der Waals surface area (Å²) in [4.78, 5) is 36.7. The van der Waals surface area contributed by atoms with E-state index in [1.807, 2.05) is 12.1 Å². The van der Waals surface area contributed by atoms with E-state index in [1.54, 1.807) is 24.3 Å². The summed E-state index contributed by atoms with van der Waals surface area (Å²) in [6, 6.07) is 17.5. The quantitative estimate of drug-likeness (QED) is 0.233. The molecule has 2 amide bonds. The minimum atomic E-state index is -0.631. The van der Waals surface area contributed by atoms with Gasteiger partial charge in [0.15, 0.2) is 0 Å². The van der Waals surface area contributed by atoms with Gasteiger partial charge in [-0.15, -0.1) is 0 Å². The van der Waals surface area contributed by atoms with Crippen LogP contribution < -0.4 is 15.4 Å². The largest absolute Gasteiger partial charge is 0.495 e. The number of anilines is 1. The lowest BCUT2D eigenvalue weighted by Gasteiger charge is -2.19. The molecular formula is C27H26ClN3O5. The van der Waals surface area contributed by atoms with Crippen molar-refractivity contribution in [3.63, 3.8) is 0 Å². The first-order chi connectivity index (χ1) is 17.0. The SMILES string of the molecule is COc1ccc(Cl)cc1NC(=O)/C(=C/c1ccc([N+](=O)[O-])cc1)NC(=O)c1ccc(C(C)(C)C)cc1. The summed E-state index contributed by atoms with van der Waals surface area (Å²) in [5, 5.41) is 16.7. The number of ether oxygens (including phenoxy) is 1. The number of rotatable bonds is 7. The van der Waals surface area contributed by atoms with E-state index >= 15 is 0 Å². The number of nitrogens with zero attached hydrogens (tertiary/aromatic N) is 1. The van der Waals surface area contributed by atoms with E-state index < -0.39 is 16.7 Å². The van der Waals surface area contributed by atoms with Crippen molar-refractivity contribution in [2.45, 2.75) is 26.2 Å². The molecule has 0 fully saturated rings. The van der Waals surface area contributed by atoms with E-state index in [4.69, 9.17) is 16.3 Å². The van der Waals surface area contributed by atoms with Crippen molar-refractivity contribution in [2.24, 2.45) is 0 Å². The van der Waals surface area contributed by atoms with Gasteiger partial charge in [0, 0.05) is 22.7 Å². The van der Waals surface area contributed by atoms with Crippen molar-refractivity contribution >= 4 is 40.9 Å². The maximum Gasteiger partial charge on any atom is 0.272 e. The van der Waals surface area contributed by atoms with E-state index in [0.717, 1.165) is 5.56 Å². The molecule has 36 heavy (non-hydrogen) atoms. The van der Waals surface area contributed by atoms with Gasteiger partial charge in [-0.1, -0.05) is 44.5 Å². The highest BCUT2D eigenvalue weighted by atomic mass is 35.5. The van der Waals surface area contributed by atoms with E-state index in [2.05, 4.69) is 31.4 Å². The number of carbonyl (C=O) groups is 2. The summed E-state index contributed by atoms with van der Waals surface area (Å²) in [5.74, 6) is -0.739. The molecule has 0 aromatic heterocycles. The predicted molar refractivity (Wildman–Crippen MR) is 140 cm³/mol. The van der Waals surface area contributed by atoms with Crippen molar-refractivity contribution in [1.29, 1.82) is 0 Å². The third-order valence-corrected chi connectivity index (χ3v) is 5.57. The van der Waals surface area contributed by atoms with Crippen molar-refractivity contribution < 1.29 is 19.2 Å². The first kappa shape index (κ1) is 26.4. The highest BCUT2D eigenvalue weighted by Crippen LogP contribution is 2.28. The number of hydrogen-bond acceptors (Lipinski definition) is 5. The van der Waals surface area contributed by atoms with Gasteiger partial charge in [-0.2, -0.15) is 0 Å². The summed E-state index contributed by atoms with van der Waals surface area (Å²) in [6.45, 7) is 6.21. The van der Waals surface area contributed by atoms with Crippen LogP contribution in [0.2, 0.25) is 5.02 Å². The molecule has 3 rings (SSSR count). The van der Waals surface area contributed by atoms with Crippen LogP contribution >= 0.6 is 11.6 Å². The fraction of sp³-hybridized carbons (Fsp3) is 0.185. The van der Waals surface area contributed by atoms with Gasteiger partial charge in [0.05, 0.1) is 17.7 Å². The number of benzene rings is 3. The van der Waals surface area contributed by atoms with Gasteiger partial charge in [0.25, 0.3) is 17.5 Å². The summed E-state index contributed by atoms with van der Waals surface area (Å²) < 4.78 is 5.28. The van der Waals surface area contributed by atoms with Gasteiger partial charge in [-0.3, -0.25) is 19.7 Å². The lowest BCUT2D eigenvalue weighted by atomic mass is 9.87. The number of non-ortho nitro benzene ring substituents is 1. The second-order valence-corrected chi connectivity index (χ2v) is 9.42. The highest BCUT2D eigenvalue weighted by Gasteiger charge is 2.19. The second-order valence-electron chi connectivity index (χ2n) is 8.99. The minimum Gasteiger partial charge on any atom is -0.495 e. The summed E-state index contributed by atoms with van der Waals surface area (Å²) in [7, 11) is 1.45. The van der Waals surface area contributed by atoms with Crippen LogP contribution in [0.4, 0.5) is 11.4 Å². The normalized spacial score (nSPS) is 11.5. The van der Waals surface area contributed by atoms with E-state index in [-0.39, 0.29) is 16.8 Å². The zero-order valence-electron chi connectivity index (χ0n) is 20.3. The summed E-state index contributed by atoms with van der Waals surface area (Å²) in [5.41, 5.74) is 1.98. The molecule has 3 aromatic carbocycles. The molecule has 0 aliphatic carbocycles. The van der Waals surface area contributed by atoms with Crippen LogP contribution in [0.5, 0.6) is 5.75 Å². The molecule has 186 valence electrons. The van der Waals surface area contributed by atoms with Crippen LogP contribution in [-0.2, 0) is 10.2 Å². The molecule has 2 N–H and O–H groups in total. The Morgan fingerprint density at radius 1 is 1.00 bits per heavy atom. The average Bonchev–Trinajstić information content (AvgIpc) is 2.83.